The molecular formula is C17H20N4. The number of fused-ring (bicyclic) bond motifs is 1. The molecular weight excluding hydrogens is 260 g/mol. The molecule has 1 unspecified atom stereocenters. The van der Waals surface area contributed by atoms with Gasteiger partial charge in [0.25, 0.3) is 0 Å². The van der Waals surface area contributed by atoms with Gasteiger partial charge >= 0.3 is 0 Å². The molecule has 1 aromatic carbocycles. The van der Waals surface area contributed by atoms with Gasteiger partial charge in [-0.1, -0.05) is 31.2 Å². The highest BCUT2D eigenvalue weighted by molar-refractivity contribution is 5.82. The summed E-state index contributed by atoms with van der Waals surface area (Å²) in [6.45, 7) is 5.06. The summed E-state index contributed by atoms with van der Waals surface area (Å²) in [6.07, 6.45) is 3.80. The van der Waals surface area contributed by atoms with E-state index < -0.39 is 0 Å². The Morgan fingerprint density at radius 3 is 2.81 bits per heavy atom. The first-order valence-electron chi connectivity index (χ1n) is 7.27. The summed E-state index contributed by atoms with van der Waals surface area (Å²) >= 11 is 0. The summed E-state index contributed by atoms with van der Waals surface area (Å²) in [7, 11) is 1.99. The molecule has 4 nitrogen and oxygen atoms in total. The Hall–Kier alpha value is -2.20. The molecule has 4 heteroatoms. The van der Waals surface area contributed by atoms with E-state index in [9.17, 15) is 0 Å². The fraction of sp³-hybridized carbons (Fsp3) is 0.294. The molecule has 3 aromatic rings. The van der Waals surface area contributed by atoms with Gasteiger partial charge in [0.15, 0.2) is 0 Å². The van der Waals surface area contributed by atoms with E-state index in [0.717, 1.165) is 28.9 Å². The second-order valence-electron chi connectivity index (χ2n) is 5.31. The fourth-order valence-corrected chi connectivity index (χ4v) is 2.77. The molecule has 0 radical (unpaired) electrons. The highest BCUT2D eigenvalue weighted by atomic mass is 15.3. The predicted octanol–water partition coefficient (Wildman–Crippen LogP) is 2.98. The van der Waals surface area contributed by atoms with Crippen molar-refractivity contribution < 1.29 is 0 Å². The van der Waals surface area contributed by atoms with Crippen LogP contribution in [0.3, 0.4) is 0 Å². The van der Waals surface area contributed by atoms with E-state index in [-0.39, 0.29) is 6.04 Å². The highest BCUT2D eigenvalue weighted by Gasteiger charge is 2.20. The standard InChI is InChI=1S/C17H20N4/c1-4-19-16(13-9-12(2)10-18-11-13)17-14-7-5-6-8-15(14)21(3)20-17/h5-11,16,19H,4H2,1-3H3. The van der Waals surface area contributed by atoms with Crippen molar-refractivity contribution in [3.8, 4) is 0 Å². The van der Waals surface area contributed by atoms with Gasteiger partial charge in [-0.2, -0.15) is 5.10 Å². The molecule has 0 amide bonds. The van der Waals surface area contributed by atoms with E-state index in [0.29, 0.717) is 0 Å². The first kappa shape index (κ1) is 13.8. The fourth-order valence-electron chi connectivity index (χ4n) is 2.77. The van der Waals surface area contributed by atoms with Crippen molar-refractivity contribution in [1.29, 1.82) is 0 Å². The molecule has 1 N–H and O–H groups in total. The van der Waals surface area contributed by atoms with Crippen molar-refractivity contribution in [2.75, 3.05) is 6.54 Å². The average molecular weight is 280 g/mol. The molecule has 0 aliphatic carbocycles. The zero-order valence-corrected chi connectivity index (χ0v) is 12.7. The van der Waals surface area contributed by atoms with Crippen LogP contribution in [0.2, 0.25) is 0 Å². The number of aryl methyl sites for hydroxylation is 2. The normalized spacial score (nSPS) is 12.7. The Labute approximate surface area is 124 Å². The lowest BCUT2D eigenvalue weighted by molar-refractivity contribution is 0.602. The number of pyridine rings is 1. The third-order valence-electron chi connectivity index (χ3n) is 3.70. The van der Waals surface area contributed by atoms with Gasteiger partial charge < -0.3 is 5.32 Å². The molecule has 0 bridgehead atoms. The predicted molar refractivity (Wildman–Crippen MR) is 85.2 cm³/mol. The summed E-state index contributed by atoms with van der Waals surface area (Å²) in [5.74, 6) is 0. The van der Waals surface area contributed by atoms with Crippen LogP contribution in [0.4, 0.5) is 0 Å². The minimum Gasteiger partial charge on any atom is -0.305 e. The van der Waals surface area contributed by atoms with Crippen LogP contribution in [0.5, 0.6) is 0 Å². The minimum atomic E-state index is 0.0634. The second-order valence-corrected chi connectivity index (χ2v) is 5.31. The summed E-state index contributed by atoms with van der Waals surface area (Å²) in [6, 6.07) is 10.6. The van der Waals surface area contributed by atoms with Gasteiger partial charge in [-0.25, -0.2) is 0 Å². The maximum absolute atomic E-state index is 4.74. The van der Waals surface area contributed by atoms with Crippen molar-refractivity contribution >= 4 is 10.9 Å². The molecule has 21 heavy (non-hydrogen) atoms. The van der Waals surface area contributed by atoms with E-state index in [1.165, 1.54) is 5.39 Å². The largest absolute Gasteiger partial charge is 0.305 e. The molecule has 1 atom stereocenters. The van der Waals surface area contributed by atoms with Crippen LogP contribution in [0.25, 0.3) is 10.9 Å². The Kier molecular flexibility index (Phi) is 3.71. The van der Waals surface area contributed by atoms with E-state index in [2.05, 4.69) is 48.4 Å². The number of nitrogens with one attached hydrogen (secondary N) is 1. The first-order valence-corrected chi connectivity index (χ1v) is 7.27. The van der Waals surface area contributed by atoms with Crippen LogP contribution < -0.4 is 5.32 Å². The molecule has 3 rings (SSSR count). The molecule has 0 fully saturated rings. The first-order chi connectivity index (χ1) is 10.2. The van der Waals surface area contributed by atoms with Crippen molar-refractivity contribution in [2.45, 2.75) is 19.9 Å². The van der Waals surface area contributed by atoms with Crippen LogP contribution in [0.15, 0.2) is 42.7 Å². The Balaban J connectivity index is 2.16. The van der Waals surface area contributed by atoms with Crippen molar-refractivity contribution in [1.82, 2.24) is 20.1 Å². The minimum absolute atomic E-state index is 0.0634. The molecule has 108 valence electrons. The van der Waals surface area contributed by atoms with E-state index in [1.54, 1.807) is 0 Å². The molecule has 0 saturated carbocycles. The quantitative estimate of drug-likeness (QED) is 0.799. The van der Waals surface area contributed by atoms with Crippen LogP contribution in [0.1, 0.15) is 29.8 Å². The van der Waals surface area contributed by atoms with Crippen LogP contribution in [-0.4, -0.2) is 21.3 Å². The van der Waals surface area contributed by atoms with E-state index in [4.69, 9.17) is 5.10 Å². The van der Waals surface area contributed by atoms with Crippen LogP contribution in [-0.2, 0) is 7.05 Å². The molecule has 2 heterocycles. The molecule has 0 aliphatic heterocycles. The number of para-hydroxylation sites is 1. The number of benzene rings is 1. The molecule has 2 aromatic heterocycles. The monoisotopic (exact) mass is 280 g/mol. The topological polar surface area (TPSA) is 42.7 Å². The van der Waals surface area contributed by atoms with Gasteiger partial charge in [-0.05, 0) is 30.7 Å². The molecule has 0 aliphatic rings. The van der Waals surface area contributed by atoms with Crippen molar-refractivity contribution in [3.05, 3.63) is 59.5 Å². The maximum atomic E-state index is 4.74. The third-order valence-corrected chi connectivity index (χ3v) is 3.70. The van der Waals surface area contributed by atoms with Crippen LogP contribution in [0, 0.1) is 6.92 Å². The lowest BCUT2D eigenvalue weighted by Gasteiger charge is -2.17. The number of hydrogen-bond acceptors (Lipinski definition) is 3. The summed E-state index contributed by atoms with van der Waals surface area (Å²) in [4.78, 5) is 4.33. The zero-order valence-electron chi connectivity index (χ0n) is 12.7. The highest BCUT2D eigenvalue weighted by Crippen LogP contribution is 2.28. The van der Waals surface area contributed by atoms with Crippen molar-refractivity contribution in [2.24, 2.45) is 7.05 Å². The summed E-state index contributed by atoms with van der Waals surface area (Å²) in [5.41, 5.74) is 4.52. The van der Waals surface area contributed by atoms with Gasteiger partial charge in [0, 0.05) is 24.8 Å². The SMILES string of the molecule is CCNC(c1cncc(C)c1)c1nn(C)c2ccccc12. The number of hydrogen-bond donors (Lipinski definition) is 1. The second kappa shape index (κ2) is 5.66. The van der Waals surface area contributed by atoms with Gasteiger partial charge in [-0.3, -0.25) is 9.67 Å². The average Bonchev–Trinajstić information content (AvgIpc) is 2.82. The Bertz CT molecular complexity index is 760. The number of rotatable bonds is 4. The van der Waals surface area contributed by atoms with Gasteiger partial charge in [0.2, 0.25) is 0 Å². The number of nitrogens with zero attached hydrogens (tertiary/aromatic N) is 3. The Morgan fingerprint density at radius 1 is 1.24 bits per heavy atom. The maximum Gasteiger partial charge on any atom is 0.0918 e. The molecule has 0 spiro atoms. The van der Waals surface area contributed by atoms with E-state index >= 15 is 0 Å². The van der Waals surface area contributed by atoms with Gasteiger partial charge in [0.05, 0.1) is 17.3 Å². The molecule has 0 saturated heterocycles. The smallest absolute Gasteiger partial charge is 0.0918 e. The third kappa shape index (κ3) is 2.54. The van der Waals surface area contributed by atoms with Crippen molar-refractivity contribution in [3.63, 3.8) is 0 Å². The lowest BCUT2D eigenvalue weighted by Crippen LogP contribution is -2.23. The number of aromatic nitrogens is 3. The summed E-state index contributed by atoms with van der Waals surface area (Å²) < 4.78 is 1.94. The van der Waals surface area contributed by atoms with Gasteiger partial charge in [0.1, 0.15) is 0 Å². The van der Waals surface area contributed by atoms with E-state index in [1.807, 2.05) is 30.2 Å². The lowest BCUT2D eigenvalue weighted by atomic mass is 10.0. The van der Waals surface area contributed by atoms with Crippen LogP contribution >= 0.6 is 0 Å². The summed E-state index contributed by atoms with van der Waals surface area (Å²) in [5, 5.41) is 9.46. The zero-order chi connectivity index (χ0) is 14.8. The Morgan fingerprint density at radius 2 is 2.05 bits per heavy atom. The van der Waals surface area contributed by atoms with Gasteiger partial charge in [-0.15, -0.1) is 0 Å².